The van der Waals surface area contributed by atoms with Crippen LogP contribution in [0.15, 0.2) is 48.5 Å². The molecule has 0 aliphatic carbocycles. The molecule has 0 saturated carbocycles. The summed E-state index contributed by atoms with van der Waals surface area (Å²) in [4.78, 5) is 12.4. The van der Waals surface area contributed by atoms with Crippen LogP contribution in [0.25, 0.3) is 0 Å². The molecular formula is C16H11F2NO. The molecule has 0 spiro atoms. The predicted molar refractivity (Wildman–Crippen MR) is 70.1 cm³/mol. The van der Waals surface area contributed by atoms with Crippen molar-refractivity contribution < 1.29 is 13.6 Å². The zero-order valence-electron chi connectivity index (χ0n) is 10.5. The van der Waals surface area contributed by atoms with Crippen molar-refractivity contribution in [3.05, 3.63) is 71.3 Å². The third-order valence-electron chi connectivity index (χ3n) is 3.01. The molecule has 0 fully saturated rings. The molecule has 0 aromatic heterocycles. The molecule has 1 atom stereocenters. The van der Waals surface area contributed by atoms with Gasteiger partial charge in [0.15, 0.2) is 5.78 Å². The fourth-order valence-electron chi connectivity index (χ4n) is 2.02. The Bertz CT molecular complexity index is 662. The van der Waals surface area contributed by atoms with E-state index in [1.807, 2.05) is 6.07 Å². The standard InChI is InChI=1S/C16H11F2NO/c17-12-6-7-14(15(18)10-12)16(20)13(8-9-19)11-4-2-1-3-5-11/h1-7,10,13H,8H2. The Morgan fingerprint density at radius 1 is 1.15 bits per heavy atom. The number of hydrogen-bond acceptors (Lipinski definition) is 2. The van der Waals surface area contributed by atoms with Crippen LogP contribution in [0.5, 0.6) is 0 Å². The van der Waals surface area contributed by atoms with Crippen LogP contribution in [0.4, 0.5) is 8.78 Å². The van der Waals surface area contributed by atoms with Crippen LogP contribution in [-0.4, -0.2) is 5.78 Å². The first-order valence-electron chi connectivity index (χ1n) is 6.04. The number of halogens is 2. The Balaban J connectivity index is 2.40. The van der Waals surface area contributed by atoms with Crippen molar-refractivity contribution in [1.82, 2.24) is 0 Å². The molecule has 0 aliphatic heterocycles. The summed E-state index contributed by atoms with van der Waals surface area (Å²) in [6.07, 6.45) is -0.0559. The van der Waals surface area contributed by atoms with E-state index >= 15 is 0 Å². The topological polar surface area (TPSA) is 40.9 Å². The maximum Gasteiger partial charge on any atom is 0.174 e. The first-order chi connectivity index (χ1) is 9.63. The van der Waals surface area contributed by atoms with Gasteiger partial charge in [0.1, 0.15) is 11.6 Å². The predicted octanol–water partition coefficient (Wildman–Crippen LogP) is 3.84. The van der Waals surface area contributed by atoms with E-state index in [0.717, 1.165) is 12.1 Å². The van der Waals surface area contributed by atoms with Crippen molar-refractivity contribution >= 4 is 5.78 Å². The number of hydrogen-bond donors (Lipinski definition) is 0. The number of Topliss-reactive ketones (excluding diaryl/α,β-unsaturated/α-hetero) is 1. The molecule has 2 nitrogen and oxygen atoms in total. The molecule has 0 amide bonds. The first-order valence-corrected chi connectivity index (χ1v) is 6.04. The maximum absolute atomic E-state index is 13.7. The van der Waals surface area contributed by atoms with Crippen molar-refractivity contribution in [1.29, 1.82) is 5.26 Å². The Morgan fingerprint density at radius 2 is 1.85 bits per heavy atom. The summed E-state index contributed by atoms with van der Waals surface area (Å²) in [7, 11) is 0. The number of ketones is 1. The molecule has 0 aliphatic rings. The SMILES string of the molecule is N#CCC(C(=O)c1ccc(F)cc1F)c1ccccc1. The Morgan fingerprint density at radius 3 is 2.45 bits per heavy atom. The van der Waals surface area contributed by atoms with Crippen molar-refractivity contribution in [2.24, 2.45) is 0 Å². The average molecular weight is 271 g/mol. The Labute approximate surface area is 115 Å². The van der Waals surface area contributed by atoms with Crippen LogP contribution < -0.4 is 0 Å². The highest BCUT2D eigenvalue weighted by atomic mass is 19.1. The van der Waals surface area contributed by atoms with Crippen LogP contribution in [0.1, 0.15) is 28.3 Å². The van der Waals surface area contributed by atoms with E-state index in [9.17, 15) is 13.6 Å². The monoisotopic (exact) mass is 271 g/mol. The maximum atomic E-state index is 13.7. The van der Waals surface area contributed by atoms with Gasteiger partial charge in [0.25, 0.3) is 0 Å². The molecule has 1 unspecified atom stereocenters. The zero-order valence-corrected chi connectivity index (χ0v) is 10.5. The largest absolute Gasteiger partial charge is 0.293 e. The van der Waals surface area contributed by atoms with Gasteiger partial charge in [-0.1, -0.05) is 30.3 Å². The van der Waals surface area contributed by atoms with Crippen LogP contribution in [-0.2, 0) is 0 Å². The van der Waals surface area contributed by atoms with Crippen LogP contribution in [0.3, 0.4) is 0 Å². The molecule has 0 saturated heterocycles. The van der Waals surface area contributed by atoms with Gasteiger partial charge in [-0.15, -0.1) is 0 Å². The van der Waals surface area contributed by atoms with Gasteiger partial charge in [-0.2, -0.15) is 5.26 Å². The molecule has 20 heavy (non-hydrogen) atoms. The highest BCUT2D eigenvalue weighted by Crippen LogP contribution is 2.25. The quantitative estimate of drug-likeness (QED) is 0.792. The molecule has 0 N–H and O–H groups in total. The van der Waals surface area contributed by atoms with E-state index in [1.54, 1.807) is 30.3 Å². The van der Waals surface area contributed by atoms with Gasteiger partial charge < -0.3 is 0 Å². The summed E-state index contributed by atoms with van der Waals surface area (Å²) in [6, 6.07) is 13.4. The van der Waals surface area contributed by atoms with Gasteiger partial charge in [0.05, 0.1) is 17.6 Å². The third-order valence-corrected chi connectivity index (χ3v) is 3.01. The first kappa shape index (κ1) is 13.9. The highest BCUT2D eigenvalue weighted by Gasteiger charge is 2.24. The summed E-state index contributed by atoms with van der Waals surface area (Å²) in [5, 5.41) is 8.85. The average Bonchev–Trinajstić information content (AvgIpc) is 2.45. The zero-order chi connectivity index (χ0) is 14.5. The second kappa shape index (κ2) is 6.07. The summed E-state index contributed by atoms with van der Waals surface area (Å²) in [5.41, 5.74) is 0.443. The third kappa shape index (κ3) is 2.89. The number of carbonyl (C=O) groups excluding carboxylic acids is 1. The molecule has 2 rings (SSSR count). The molecule has 0 heterocycles. The lowest BCUT2D eigenvalue weighted by molar-refractivity contribution is 0.0956. The van der Waals surface area contributed by atoms with E-state index < -0.39 is 23.3 Å². The Hall–Kier alpha value is -2.54. The molecular weight excluding hydrogens is 260 g/mol. The van der Waals surface area contributed by atoms with Gasteiger partial charge in [0.2, 0.25) is 0 Å². The van der Waals surface area contributed by atoms with Crippen LogP contribution in [0, 0.1) is 23.0 Å². The summed E-state index contributed by atoms with van der Waals surface area (Å²) >= 11 is 0. The minimum absolute atomic E-state index is 0.0559. The van der Waals surface area contributed by atoms with Gasteiger partial charge in [-0.3, -0.25) is 4.79 Å². The minimum Gasteiger partial charge on any atom is -0.293 e. The minimum atomic E-state index is -0.908. The van der Waals surface area contributed by atoms with E-state index in [4.69, 9.17) is 5.26 Å². The molecule has 0 bridgehead atoms. The second-order valence-corrected chi connectivity index (χ2v) is 4.31. The second-order valence-electron chi connectivity index (χ2n) is 4.31. The fraction of sp³-hybridized carbons (Fsp3) is 0.125. The number of nitrogens with zero attached hydrogens (tertiary/aromatic N) is 1. The van der Waals surface area contributed by atoms with Gasteiger partial charge in [-0.05, 0) is 17.7 Å². The number of benzene rings is 2. The van der Waals surface area contributed by atoms with Gasteiger partial charge in [-0.25, -0.2) is 8.78 Å². The summed E-state index contributed by atoms with van der Waals surface area (Å²) in [6.45, 7) is 0. The summed E-state index contributed by atoms with van der Waals surface area (Å²) in [5.74, 6) is -2.92. The molecule has 4 heteroatoms. The van der Waals surface area contributed by atoms with E-state index in [-0.39, 0.29) is 12.0 Å². The lowest BCUT2D eigenvalue weighted by atomic mass is 9.88. The summed E-state index contributed by atoms with van der Waals surface area (Å²) < 4.78 is 26.6. The number of carbonyl (C=O) groups is 1. The van der Waals surface area contributed by atoms with Crippen molar-refractivity contribution in [2.45, 2.75) is 12.3 Å². The van der Waals surface area contributed by atoms with E-state index in [0.29, 0.717) is 11.6 Å². The van der Waals surface area contributed by atoms with Crippen molar-refractivity contribution in [3.8, 4) is 6.07 Å². The fourth-order valence-corrected chi connectivity index (χ4v) is 2.02. The van der Waals surface area contributed by atoms with Crippen LogP contribution in [0.2, 0.25) is 0 Å². The van der Waals surface area contributed by atoms with E-state index in [1.165, 1.54) is 0 Å². The smallest absolute Gasteiger partial charge is 0.174 e. The van der Waals surface area contributed by atoms with Gasteiger partial charge in [0, 0.05) is 12.5 Å². The van der Waals surface area contributed by atoms with E-state index in [2.05, 4.69) is 0 Å². The lowest BCUT2D eigenvalue weighted by Crippen LogP contribution is -2.14. The molecule has 2 aromatic carbocycles. The lowest BCUT2D eigenvalue weighted by Gasteiger charge is -2.13. The highest BCUT2D eigenvalue weighted by molar-refractivity contribution is 6.01. The van der Waals surface area contributed by atoms with Crippen molar-refractivity contribution in [3.63, 3.8) is 0 Å². The van der Waals surface area contributed by atoms with Crippen molar-refractivity contribution in [2.75, 3.05) is 0 Å². The molecule has 100 valence electrons. The number of nitriles is 1. The van der Waals surface area contributed by atoms with Gasteiger partial charge >= 0.3 is 0 Å². The number of rotatable bonds is 4. The molecule has 0 radical (unpaired) electrons. The Kier molecular flexibility index (Phi) is 4.21. The normalized spacial score (nSPS) is 11.7. The van der Waals surface area contributed by atoms with Crippen LogP contribution >= 0.6 is 0 Å². The molecule has 2 aromatic rings.